The Morgan fingerprint density at radius 3 is 2.75 bits per heavy atom. The number of carbonyl (C=O) groups is 1. The predicted octanol–water partition coefficient (Wildman–Crippen LogP) is 2.44. The number of nitrogens with zero attached hydrogens (tertiary/aromatic N) is 2. The molecule has 0 heterocycles. The van der Waals surface area contributed by atoms with Crippen molar-refractivity contribution in [2.45, 2.75) is 6.92 Å². The van der Waals surface area contributed by atoms with Gasteiger partial charge < -0.3 is 9.64 Å². The number of benzene rings is 1. The Balaban J connectivity index is 3.16. The maximum absolute atomic E-state index is 11.5. The fraction of sp³-hybridized carbons (Fsp3) is 0.357. The molecule has 0 amide bonds. The quantitative estimate of drug-likeness (QED) is 0.316. The van der Waals surface area contributed by atoms with Gasteiger partial charge in [0.15, 0.2) is 5.78 Å². The van der Waals surface area contributed by atoms with E-state index in [9.17, 15) is 14.9 Å². The summed E-state index contributed by atoms with van der Waals surface area (Å²) in [7, 11) is 1.60. The molecule has 0 saturated carbocycles. The molecule has 0 aliphatic heterocycles. The number of Topliss-reactive ketones (excluding diaryl/α,β-unsaturated/α-hetero) is 1. The Morgan fingerprint density at radius 1 is 1.55 bits per heavy atom. The highest BCUT2D eigenvalue weighted by atomic mass is 16.6. The second-order valence-corrected chi connectivity index (χ2v) is 4.24. The van der Waals surface area contributed by atoms with Crippen LogP contribution in [0.3, 0.4) is 0 Å². The van der Waals surface area contributed by atoms with E-state index in [1.807, 2.05) is 4.90 Å². The van der Waals surface area contributed by atoms with Gasteiger partial charge in [0, 0.05) is 32.0 Å². The van der Waals surface area contributed by atoms with Crippen LogP contribution in [0, 0.1) is 10.1 Å². The lowest BCUT2D eigenvalue weighted by Gasteiger charge is -2.23. The molecule has 0 bridgehead atoms. The zero-order chi connectivity index (χ0) is 15.1. The third-order valence-electron chi connectivity index (χ3n) is 2.84. The number of nitro benzene ring substituents is 1. The number of ketones is 1. The normalized spacial score (nSPS) is 10.1. The van der Waals surface area contributed by atoms with Gasteiger partial charge in [0.2, 0.25) is 0 Å². The average molecular weight is 278 g/mol. The van der Waals surface area contributed by atoms with Crippen molar-refractivity contribution in [3.05, 3.63) is 46.5 Å². The molecular formula is C14H18N2O4. The fourth-order valence-electron chi connectivity index (χ4n) is 1.85. The molecule has 0 saturated heterocycles. The predicted molar refractivity (Wildman–Crippen MR) is 77.4 cm³/mol. The van der Waals surface area contributed by atoms with Crippen LogP contribution in [-0.2, 0) is 4.74 Å². The molecule has 0 aliphatic carbocycles. The van der Waals surface area contributed by atoms with Crippen molar-refractivity contribution in [3.63, 3.8) is 0 Å². The van der Waals surface area contributed by atoms with Crippen LogP contribution in [0.1, 0.15) is 17.3 Å². The van der Waals surface area contributed by atoms with Crippen molar-refractivity contribution in [1.29, 1.82) is 0 Å². The van der Waals surface area contributed by atoms with Gasteiger partial charge in [0.25, 0.3) is 5.69 Å². The second kappa shape index (κ2) is 7.40. The maximum atomic E-state index is 11.5. The molecule has 1 aromatic carbocycles. The van der Waals surface area contributed by atoms with Crippen LogP contribution < -0.4 is 4.90 Å². The summed E-state index contributed by atoms with van der Waals surface area (Å²) >= 11 is 0. The van der Waals surface area contributed by atoms with Crippen LogP contribution in [0.25, 0.3) is 0 Å². The van der Waals surface area contributed by atoms with Gasteiger partial charge in [-0.1, -0.05) is 6.08 Å². The van der Waals surface area contributed by atoms with E-state index >= 15 is 0 Å². The minimum atomic E-state index is -0.548. The van der Waals surface area contributed by atoms with E-state index in [-0.39, 0.29) is 17.0 Å². The molecule has 20 heavy (non-hydrogen) atoms. The molecule has 108 valence electrons. The minimum absolute atomic E-state index is 0.110. The largest absolute Gasteiger partial charge is 0.383 e. The molecular weight excluding hydrogens is 260 g/mol. The van der Waals surface area contributed by atoms with E-state index in [4.69, 9.17) is 4.74 Å². The Kier molecular flexibility index (Phi) is 5.86. The summed E-state index contributed by atoms with van der Waals surface area (Å²) in [5.41, 5.74) is 0.670. The summed E-state index contributed by atoms with van der Waals surface area (Å²) in [5, 5.41) is 10.9. The number of anilines is 1. The number of rotatable bonds is 8. The molecule has 0 radical (unpaired) electrons. The molecule has 0 N–H and O–H groups in total. The Morgan fingerprint density at radius 2 is 2.25 bits per heavy atom. The topological polar surface area (TPSA) is 72.7 Å². The fourth-order valence-corrected chi connectivity index (χ4v) is 1.85. The minimum Gasteiger partial charge on any atom is -0.383 e. The molecule has 0 atom stereocenters. The molecule has 0 fully saturated rings. The van der Waals surface area contributed by atoms with E-state index in [2.05, 4.69) is 6.58 Å². The van der Waals surface area contributed by atoms with Gasteiger partial charge in [-0.2, -0.15) is 0 Å². The Labute approximate surface area is 117 Å². The van der Waals surface area contributed by atoms with Crippen LogP contribution in [0.2, 0.25) is 0 Å². The average Bonchev–Trinajstić information content (AvgIpc) is 2.42. The van der Waals surface area contributed by atoms with Crippen molar-refractivity contribution in [2.24, 2.45) is 0 Å². The number of ether oxygens (including phenoxy) is 1. The third kappa shape index (κ3) is 3.89. The molecule has 0 spiro atoms. The number of hydrogen-bond donors (Lipinski definition) is 0. The summed E-state index contributed by atoms with van der Waals surface area (Å²) in [6, 6.07) is 4.53. The lowest BCUT2D eigenvalue weighted by Crippen LogP contribution is -2.27. The summed E-state index contributed by atoms with van der Waals surface area (Å²) in [6.07, 6.45) is 1.73. The molecule has 0 unspecified atom stereocenters. The highest BCUT2D eigenvalue weighted by molar-refractivity contribution is 5.99. The van der Waals surface area contributed by atoms with Crippen molar-refractivity contribution >= 4 is 17.2 Å². The molecule has 1 rings (SSSR count). The maximum Gasteiger partial charge on any atom is 0.280 e. The first kappa shape index (κ1) is 15.8. The van der Waals surface area contributed by atoms with Gasteiger partial charge in [-0.25, -0.2) is 0 Å². The lowest BCUT2D eigenvalue weighted by molar-refractivity contribution is -0.385. The zero-order valence-electron chi connectivity index (χ0n) is 11.7. The Bertz CT molecular complexity index is 514. The van der Waals surface area contributed by atoms with Crippen LogP contribution in [0.5, 0.6) is 0 Å². The van der Waals surface area contributed by atoms with Crippen LogP contribution >= 0.6 is 0 Å². The first-order valence-corrected chi connectivity index (χ1v) is 6.15. The van der Waals surface area contributed by atoms with E-state index in [0.717, 1.165) is 5.69 Å². The third-order valence-corrected chi connectivity index (χ3v) is 2.84. The van der Waals surface area contributed by atoms with E-state index in [0.29, 0.717) is 19.7 Å². The Hall–Kier alpha value is -2.21. The van der Waals surface area contributed by atoms with Crippen LogP contribution in [-0.4, -0.2) is 37.5 Å². The van der Waals surface area contributed by atoms with E-state index < -0.39 is 4.92 Å². The first-order chi connectivity index (χ1) is 9.51. The monoisotopic (exact) mass is 278 g/mol. The number of hydrogen-bond acceptors (Lipinski definition) is 5. The van der Waals surface area contributed by atoms with Gasteiger partial charge in [-0.05, 0) is 19.1 Å². The molecule has 0 aromatic heterocycles. The van der Waals surface area contributed by atoms with Gasteiger partial charge in [0.05, 0.1) is 17.1 Å². The van der Waals surface area contributed by atoms with Crippen molar-refractivity contribution in [2.75, 3.05) is 31.7 Å². The van der Waals surface area contributed by atoms with Gasteiger partial charge >= 0.3 is 0 Å². The molecule has 6 nitrogen and oxygen atoms in total. The number of nitro groups is 1. The highest BCUT2D eigenvalue weighted by Gasteiger charge is 2.19. The van der Waals surface area contributed by atoms with Crippen LogP contribution in [0.15, 0.2) is 30.9 Å². The molecule has 6 heteroatoms. The summed E-state index contributed by atoms with van der Waals surface area (Å²) in [5.74, 6) is -0.330. The van der Waals surface area contributed by atoms with E-state index in [1.54, 1.807) is 25.3 Å². The van der Waals surface area contributed by atoms with Gasteiger partial charge in [0.1, 0.15) is 0 Å². The summed E-state index contributed by atoms with van der Waals surface area (Å²) < 4.78 is 5.03. The lowest BCUT2D eigenvalue weighted by atomic mass is 10.1. The van der Waals surface area contributed by atoms with E-state index in [1.165, 1.54) is 13.0 Å². The zero-order valence-corrected chi connectivity index (χ0v) is 11.7. The number of methoxy groups -OCH3 is 1. The second-order valence-electron chi connectivity index (χ2n) is 4.24. The summed E-state index contributed by atoms with van der Waals surface area (Å²) in [6.45, 7) is 6.69. The first-order valence-electron chi connectivity index (χ1n) is 6.15. The van der Waals surface area contributed by atoms with Gasteiger partial charge in [-0.3, -0.25) is 14.9 Å². The van der Waals surface area contributed by atoms with Crippen molar-refractivity contribution in [1.82, 2.24) is 0 Å². The number of carbonyl (C=O) groups excluding carboxylic acids is 1. The molecule has 0 aliphatic rings. The smallest absolute Gasteiger partial charge is 0.280 e. The van der Waals surface area contributed by atoms with Crippen LogP contribution in [0.4, 0.5) is 11.4 Å². The van der Waals surface area contributed by atoms with Crippen molar-refractivity contribution < 1.29 is 14.5 Å². The van der Waals surface area contributed by atoms with Gasteiger partial charge in [-0.15, -0.1) is 6.58 Å². The highest BCUT2D eigenvalue weighted by Crippen LogP contribution is 2.25. The van der Waals surface area contributed by atoms with Crippen molar-refractivity contribution in [3.8, 4) is 0 Å². The standard InChI is InChI=1S/C14H18N2O4/c1-4-7-15(8-9-20-3)12-5-6-14(16(18)19)13(10-12)11(2)17/h4-6,10H,1,7-9H2,2-3H3. The molecule has 1 aromatic rings. The summed E-state index contributed by atoms with van der Waals surface area (Å²) in [4.78, 5) is 23.8. The SMILES string of the molecule is C=CCN(CCOC)c1ccc([N+](=O)[O-])c(C(C)=O)c1.